The summed E-state index contributed by atoms with van der Waals surface area (Å²) in [6.45, 7) is 10.1. The van der Waals surface area contributed by atoms with Crippen LogP contribution in [0.15, 0.2) is 29.8 Å². The van der Waals surface area contributed by atoms with Gasteiger partial charge in [0.25, 0.3) is 0 Å². The first-order chi connectivity index (χ1) is 11.5. The van der Waals surface area contributed by atoms with Crippen molar-refractivity contribution in [3.63, 3.8) is 0 Å². The molecule has 3 rings (SSSR count). The third-order valence-corrected chi connectivity index (χ3v) is 5.44. The Kier molecular flexibility index (Phi) is 5.36. The van der Waals surface area contributed by atoms with Crippen LogP contribution in [0.3, 0.4) is 0 Å². The van der Waals surface area contributed by atoms with E-state index in [1.807, 2.05) is 0 Å². The molecule has 0 aromatic heterocycles. The van der Waals surface area contributed by atoms with E-state index in [0.717, 1.165) is 39.1 Å². The fourth-order valence-electron chi connectivity index (χ4n) is 4.18. The minimum atomic E-state index is -0.743. The summed E-state index contributed by atoms with van der Waals surface area (Å²) in [5.74, 6) is -1.43. The van der Waals surface area contributed by atoms with Gasteiger partial charge in [-0.15, -0.1) is 0 Å². The zero-order valence-corrected chi connectivity index (χ0v) is 14.8. The van der Waals surface area contributed by atoms with Gasteiger partial charge in [-0.2, -0.15) is 0 Å². The van der Waals surface area contributed by atoms with Crippen LogP contribution in [0.2, 0.25) is 0 Å². The summed E-state index contributed by atoms with van der Waals surface area (Å²) in [4.78, 5) is 4.84. The summed E-state index contributed by atoms with van der Waals surface area (Å²) >= 11 is 0. The van der Waals surface area contributed by atoms with E-state index in [1.165, 1.54) is 24.5 Å². The minimum Gasteiger partial charge on any atom is -0.299 e. The highest BCUT2D eigenvalue weighted by Crippen LogP contribution is 2.39. The maximum atomic E-state index is 13.9. The third-order valence-electron chi connectivity index (χ3n) is 5.44. The Morgan fingerprint density at radius 2 is 1.92 bits per heavy atom. The molecule has 24 heavy (non-hydrogen) atoms. The largest absolute Gasteiger partial charge is 0.299 e. The molecule has 2 heterocycles. The van der Waals surface area contributed by atoms with Crippen molar-refractivity contribution in [2.24, 2.45) is 5.41 Å². The van der Waals surface area contributed by atoms with Gasteiger partial charge < -0.3 is 0 Å². The molecule has 1 spiro atoms. The Labute approximate surface area is 144 Å². The third kappa shape index (κ3) is 4.04. The van der Waals surface area contributed by atoms with Crippen molar-refractivity contribution in [2.75, 3.05) is 32.7 Å². The Balaban J connectivity index is 1.62. The lowest BCUT2D eigenvalue weighted by molar-refractivity contribution is 0.0876. The molecule has 0 amide bonds. The predicted molar refractivity (Wildman–Crippen MR) is 93.8 cm³/mol. The van der Waals surface area contributed by atoms with Crippen molar-refractivity contribution < 1.29 is 8.78 Å². The molecule has 2 fully saturated rings. The second-order valence-electron chi connectivity index (χ2n) is 7.79. The molecule has 2 aliphatic heterocycles. The lowest BCUT2D eigenvalue weighted by Crippen LogP contribution is -2.44. The van der Waals surface area contributed by atoms with Crippen LogP contribution >= 0.6 is 0 Å². The summed E-state index contributed by atoms with van der Waals surface area (Å²) in [5, 5.41) is 0. The molecule has 0 saturated carbocycles. The van der Waals surface area contributed by atoms with Gasteiger partial charge in [0.05, 0.1) is 0 Å². The molecule has 0 radical (unpaired) electrons. The van der Waals surface area contributed by atoms with Crippen molar-refractivity contribution in [3.8, 4) is 0 Å². The molecule has 2 nitrogen and oxygen atoms in total. The molecule has 0 bridgehead atoms. The number of hydrogen-bond acceptors (Lipinski definition) is 2. The van der Waals surface area contributed by atoms with E-state index in [9.17, 15) is 8.78 Å². The highest BCUT2D eigenvalue weighted by Gasteiger charge is 2.40. The standard InChI is InChI=1S/C20H28F2N2/c1-16(2)7-11-23-12-9-20(14-23)8-4-10-24(15-20)13-17-5-3-6-18(21)19(17)22/h3,5-7H,4,8-15H2,1-2H3. The number of halogens is 2. The summed E-state index contributed by atoms with van der Waals surface area (Å²) < 4.78 is 27.4. The van der Waals surface area contributed by atoms with Crippen molar-refractivity contribution in [3.05, 3.63) is 47.0 Å². The van der Waals surface area contributed by atoms with Crippen molar-refractivity contribution in [1.29, 1.82) is 0 Å². The first kappa shape index (κ1) is 17.6. The van der Waals surface area contributed by atoms with Gasteiger partial charge in [0, 0.05) is 31.7 Å². The van der Waals surface area contributed by atoms with Gasteiger partial charge in [-0.1, -0.05) is 23.8 Å². The van der Waals surface area contributed by atoms with E-state index in [2.05, 4.69) is 29.7 Å². The predicted octanol–water partition coefficient (Wildman–Crippen LogP) is 4.22. The summed E-state index contributed by atoms with van der Waals surface area (Å²) in [5.41, 5.74) is 2.17. The SMILES string of the molecule is CC(C)=CCN1CCC2(CCCN(Cc3cccc(F)c3F)C2)C1. The van der Waals surface area contributed by atoms with Gasteiger partial charge in [0.2, 0.25) is 0 Å². The molecular formula is C20H28F2N2. The maximum Gasteiger partial charge on any atom is 0.163 e. The molecule has 0 aliphatic carbocycles. The van der Waals surface area contributed by atoms with Crippen LogP contribution in [0, 0.1) is 17.0 Å². The van der Waals surface area contributed by atoms with Crippen LogP contribution in [0.25, 0.3) is 0 Å². The monoisotopic (exact) mass is 334 g/mol. The molecule has 1 aromatic rings. The lowest BCUT2D eigenvalue weighted by atomic mass is 9.79. The average Bonchev–Trinajstić information content (AvgIpc) is 2.92. The number of allylic oxidation sites excluding steroid dienone is 1. The van der Waals surface area contributed by atoms with Gasteiger partial charge >= 0.3 is 0 Å². The van der Waals surface area contributed by atoms with Crippen LogP contribution in [0.5, 0.6) is 0 Å². The van der Waals surface area contributed by atoms with Crippen molar-refractivity contribution >= 4 is 0 Å². The molecule has 2 saturated heterocycles. The molecule has 2 aliphatic rings. The molecular weight excluding hydrogens is 306 g/mol. The summed E-state index contributed by atoms with van der Waals surface area (Å²) in [6.07, 6.45) is 5.90. The fraction of sp³-hybridized carbons (Fsp3) is 0.600. The summed E-state index contributed by atoms with van der Waals surface area (Å²) in [6, 6.07) is 4.49. The smallest absolute Gasteiger partial charge is 0.163 e. The van der Waals surface area contributed by atoms with Crippen LogP contribution in [0.1, 0.15) is 38.7 Å². The lowest BCUT2D eigenvalue weighted by Gasteiger charge is -2.40. The van der Waals surface area contributed by atoms with Crippen LogP contribution in [0.4, 0.5) is 8.78 Å². The number of likely N-dealkylation sites (tertiary alicyclic amines) is 2. The number of nitrogens with zero attached hydrogens (tertiary/aromatic N) is 2. The van der Waals surface area contributed by atoms with Crippen LogP contribution < -0.4 is 0 Å². The first-order valence-electron chi connectivity index (χ1n) is 8.98. The maximum absolute atomic E-state index is 13.9. The number of benzene rings is 1. The van der Waals surface area contributed by atoms with E-state index >= 15 is 0 Å². The molecule has 4 heteroatoms. The van der Waals surface area contributed by atoms with Gasteiger partial charge in [-0.05, 0) is 57.7 Å². The second-order valence-corrected chi connectivity index (χ2v) is 7.79. The van der Waals surface area contributed by atoms with E-state index in [1.54, 1.807) is 12.1 Å². The highest BCUT2D eigenvalue weighted by molar-refractivity contribution is 5.19. The zero-order chi connectivity index (χ0) is 17.2. The van der Waals surface area contributed by atoms with Crippen molar-refractivity contribution in [2.45, 2.75) is 39.7 Å². The van der Waals surface area contributed by atoms with Crippen LogP contribution in [-0.2, 0) is 6.54 Å². The summed E-state index contributed by atoms with van der Waals surface area (Å²) in [7, 11) is 0. The van der Waals surface area contributed by atoms with E-state index in [4.69, 9.17) is 0 Å². The second kappa shape index (κ2) is 7.32. The minimum absolute atomic E-state index is 0.331. The Morgan fingerprint density at radius 3 is 2.71 bits per heavy atom. The van der Waals surface area contributed by atoms with Crippen molar-refractivity contribution in [1.82, 2.24) is 9.80 Å². The van der Waals surface area contributed by atoms with E-state index < -0.39 is 11.6 Å². The van der Waals surface area contributed by atoms with Gasteiger partial charge in [-0.3, -0.25) is 9.80 Å². The fourth-order valence-corrected chi connectivity index (χ4v) is 4.18. The Morgan fingerprint density at radius 1 is 1.12 bits per heavy atom. The first-order valence-corrected chi connectivity index (χ1v) is 8.98. The molecule has 1 unspecified atom stereocenters. The average molecular weight is 334 g/mol. The van der Waals surface area contributed by atoms with E-state index in [0.29, 0.717) is 17.5 Å². The molecule has 0 N–H and O–H groups in total. The van der Waals surface area contributed by atoms with E-state index in [-0.39, 0.29) is 0 Å². The topological polar surface area (TPSA) is 6.48 Å². The zero-order valence-electron chi connectivity index (χ0n) is 14.8. The van der Waals surface area contributed by atoms with Gasteiger partial charge in [0.1, 0.15) is 0 Å². The molecule has 1 atom stereocenters. The van der Waals surface area contributed by atoms with Gasteiger partial charge in [0.15, 0.2) is 11.6 Å². The molecule has 132 valence electrons. The Hall–Kier alpha value is -1.26. The quantitative estimate of drug-likeness (QED) is 0.761. The normalized spacial score (nSPS) is 25.3. The van der Waals surface area contributed by atoms with Gasteiger partial charge in [-0.25, -0.2) is 8.78 Å². The number of piperidine rings is 1. The Bertz CT molecular complexity index is 610. The number of hydrogen-bond donors (Lipinski definition) is 0. The number of rotatable bonds is 4. The molecule has 1 aromatic carbocycles. The van der Waals surface area contributed by atoms with Crippen LogP contribution in [-0.4, -0.2) is 42.5 Å². The highest BCUT2D eigenvalue weighted by atomic mass is 19.2.